The van der Waals surface area contributed by atoms with E-state index in [1.165, 1.54) is 6.92 Å². The van der Waals surface area contributed by atoms with Gasteiger partial charge in [-0.05, 0) is 66.2 Å². The van der Waals surface area contributed by atoms with E-state index in [9.17, 15) is 14.7 Å². The number of rotatable bonds is 6. The molecular formula is C18H26Br2N2O4S. The minimum absolute atomic E-state index is 0.0741. The Morgan fingerprint density at radius 1 is 1.30 bits per heavy atom. The molecular weight excluding hydrogens is 500 g/mol. The molecule has 1 atom stereocenters. The van der Waals surface area contributed by atoms with Gasteiger partial charge in [0.2, 0.25) is 0 Å². The fourth-order valence-electron chi connectivity index (χ4n) is 2.70. The molecule has 1 aromatic rings. The monoisotopic (exact) mass is 524 g/mol. The summed E-state index contributed by atoms with van der Waals surface area (Å²) >= 11 is 10.6. The molecule has 0 aromatic heterocycles. The van der Waals surface area contributed by atoms with E-state index in [1.54, 1.807) is 0 Å². The zero-order chi connectivity index (χ0) is 20.6. The topological polar surface area (TPSA) is 113 Å². The third-order valence-corrected chi connectivity index (χ3v) is 5.91. The van der Waals surface area contributed by atoms with Gasteiger partial charge in [0.05, 0.1) is 11.8 Å². The Labute approximate surface area is 182 Å². The number of nitrogen functional groups attached to an aromatic ring is 1. The third-order valence-electron chi connectivity index (χ3n) is 4.43. The molecule has 2 rings (SSSR count). The average Bonchev–Trinajstić information content (AvgIpc) is 2.58. The van der Waals surface area contributed by atoms with Crippen LogP contribution in [0.15, 0.2) is 21.1 Å². The molecule has 1 aliphatic rings. The Morgan fingerprint density at radius 2 is 1.89 bits per heavy atom. The van der Waals surface area contributed by atoms with Crippen LogP contribution >= 0.6 is 44.5 Å². The minimum Gasteiger partial charge on any atom is -0.481 e. The van der Waals surface area contributed by atoms with Gasteiger partial charge in [0.1, 0.15) is 11.7 Å². The molecule has 0 radical (unpaired) electrons. The maximum Gasteiger partial charge on any atom is 0.314 e. The molecule has 0 amide bonds. The van der Waals surface area contributed by atoms with Crippen molar-refractivity contribution in [3.8, 4) is 0 Å². The number of aliphatic hydroxyl groups is 1. The number of aliphatic hydroxyl groups excluding tert-OH is 1. The average molecular weight is 526 g/mol. The highest BCUT2D eigenvalue weighted by Gasteiger charge is 2.20. The fourth-order valence-corrected chi connectivity index (χ4v) is 4.43. The van der Waals surface area contributed by atoms with Crippen LogP contribution in [0, 0.1) is 5.92 Å². The number of carboxylic acids is 1. The van der Waals surface area contributed by atoms with Crippen LogP contribution < -0.4 is 11.1 Å². The molecule has 9 heteroatoms. The molecule has 6 nitrogen and oxygen atoms in total. The number of halogens is 2. The predicted molar refractivity (Wildman–Crippen MR) is 117 cm³/mol. The number of nitrogens with one attached hydrogen (secondary N) is 1. The molecule has 0 saturated heterocycles. The third kappa shape index (κ3) is 8.51. The first kappa shape index (κ1) is 24.4. The van der Waals surface area contributed by atoms with Gasteiger partial charge in [-0.2, -0.15) is 12.6 Å². The number of ketones is 1. The van der Waals surface area contributed by atoms with Crippen molar-refractivity contribution in [3.63, 3.8) is 0 Å². The summed E-state index contributed by atoms with van der Waals surface area (Å²) in [6, 6.07) is 4.49. The highest BCUT2D eigenvalue weighted by Crippen LogP contribution is 2.28. The first-order valence-corrected chi connectivity index (χ1v) is 10.9. The van der Waals surface area contributed by atoms with Gasteiger partial charge in [-0.25, -0.2) is 0 Å². The summed E-state index contributed by atoms with van der Waals surface area (Å²) in [6.45, 7) is 2.01. The lowest BCUT2D eigenvalue weighted by atomic mass is 9.93. The summed E-state index contributed by atoms with van der Waals surface area (Å²) in [4.78, 5) is 20.5. The SMILES string of the molecule is CC(=O)[C@@H](CS)C(=O)O.Nc1c(Br)cc(Br)cc1CNC1CCC(O)CC1. The van der Waals surface area contributed by atoms with Crippen molar-refractivity contribution in [1.82, 2.24) is 5.32 Å². The van der Waals surface area contributed by atoms with Gasteiger partial charge < -0.3 is 21.3 Å². The van der Waals surface area contributed by atoms with E-state index in [-0.39, 0.29) is 17.6 Å². The fraction of sp³-hybridized carbons (Fsp3) is 0.556. The molecule has 1 saturated carbocycles. The van der Waals surface area contributed by atoms with Gasteiger partial charge in [-0.3, -0.25) is 9.59 Å². The van der Waals surface area contributed by atoms with Gasteiger partial charge >= 0.3 is 5.97 Å². The largest absolute Gasteiger partial charge is 0.481 e. The van der Waals surface area contributed by atoms with E-state index in [4.69, 9.17) is 10.8 Å². The number of Topliss-reactive ketones (excluding diaryl/α,β-unsaturated/α-hetero) is 1. The lowest BCUT2D eigenvalue weighted by Gasteiger charge is -2.26. The molecule has 0 bridgehead atoms. The summed E-state index contributed by atoms with van der Waals surface area (Å²) in [7, 11) is 0. The second kappa shape index (κ2) is 12.1. The summed E-state index contributed by atoms with van der Waals surface area (Å²) < 4.78 is 1.95. The van der Waals surface area contributed by atoms with E-state index in [0.717, 1.165) is 52.4 Å². The highest BCUT2D eigenvalue weighted by atomic mass is 79.9. The lowest BCUT2D eigenvalue weighted by molar-refractivity contribution is -0.144. The van der Waals surface area contributed by atoms with E-state index < -0.39 is 11.9 Å². The summed E-state index contributed by atoms with van der Waals surface area (Å²) in [5.41, 5.74) is 7.93. The Hall–Kier alpha value is -0.610. The molecule has 5 N–H and O–H groups in total. The Morgan fingerprint density at radius 3 is 2.33 bits per heavy atom. The van der Waals surface area contributed by atoms with Crippen molar-refractivity contribution < 1.29 is 19.8 Å². The van der Waals surface area contributed by atoms with Crippen LogP contribution in [0.3, 0.4) is 0 Å². The number of carboxylic acid groups (broad SMARTS) is 1. The molecule has 1 aromatic carbocycles. The number of aliphatic carboxylic acids is 1. The van der Waals surface area contributed by atoms with Crippen LogP contribution in [0.5, 0.6) is 0 Å². The number of thiol groups is 1. The molecule has 27 heavy (non-hydrogen) atoms. The number of hydrogen-bond acceptors (Lipinski definition) is 6. The van der Waals surface area contributed by atoms with Crippen molar-refractivity contribution in [2.24, 2.45) is 5.92 Å². The first-order valence-electron chi connectivity index (χ1n) is 8.64. The van der Waals surface area contributed by atoms with E-state index in [0.29, 0.717) is 6.04 Å². The van der Waals surface area contributed by atoms with Crippen molar-refractivity contribution in [2.75, 3.05) is 11.5 Å². The Kier molecular flexibility index (Phi) is 10.9. The second-order valence-corrected chi connectivity index (χ2v) is 8.67. The minimum atomic E-state index is -1.10. The van der Waals surface area contributed by atoms with E-state index in [2.05, 4.69) is 49.8 Å². The zero-order valence-electron chi connectivity index (χ0n) is 15.1. The van der Waals surface area contributed by atoms with Crippen LogP contribution in [0.4, 0.5) is 5.69 Å². The van der Waals surface area contributed by atoms with E-state index >= 15 is 0 Å². The van der Waals surface area contributed by atoms with Gasteiger partial charge in [0, 0.05) is 27.3 Å². The lowest BCUT2D eigenvalue weighted by Crippen LogP contribution is -2.34. The number of carbonyl (C=O) groups is 2. The van der Waals surface area contributed by atoms with Gasteiger partial charge in [0.25, 0.3) is 0 Å². The van der Waals surface area contributed by atoms with Crippen LogP contribution in [0.2, 0.25) is 0 Å². The number of anilines is 1. The van der Waals surface area contributed by atoms with Crippen molar-refractivity contribution in [1.29, 1.82) is 0 Å². The number of carbonyl (C=O) groups excluding carboxylic acids is 1. The summed E-state index contributed by atoms with van der Waals surface area (Å²) in [5.74, 6) is -2.31. The van der Waals surface area contributed by atoms with Crippen molar-refractivity contribution in [2.45, 2.75) is 51.3 Å². The predicted octanol–water partition coefficient (Wildman–Crippen LogP) is 3.39. The number of benzene rings is 1. The molecule has 1 fully saturated rings. The molecule has 0 heterocycles. The standard InChI is InChI=1S/C13H18Br2N2O.C5H8O3S/c14-9-5-8(13(16)12(15)6-9)7-17-10-1-3-11(18)4-2-10;1-3(6)4(2-9)5(7)8/h5-6,10-11,17-18H,1-4,7,16H2;4,9H,2H2,1H3,(H,7,8)/t;4-/m.1/s1. The molecule has 1 aliphatic carbocycles. The highest BCUT2D eigenvalue weighted by molar-refractivity contribution is 9.11. The van der Waals surface area contributed by atoms with Crippen LogP contribution in [-0.4, -0.2) is 39.9 Å². The van der Waals surface area contributed by atoms with Crippen LogP contribution in [0.25, 0.3) is 0 Å². The number of hydrogen-bond donors (Lipinski definition) is 5. The quantitative estimate of drug-likeness (QED) is 0.221. The first-order chi connectivity index (χ1) is 12.6. The Bertz CT molecular complexity index is 638. The number of nitrogens with two attached hydrogens (primary N) is 1. The summed E-state index contributed by atoms with van der Waals surface area (Å²) in [5, 5.41) is 21.3. The smallest absolute Gasteiger partial charge is 0.314 e. The molecule has 0 spiro atoms. The van der Waals surface area contributed by atoms with Crippen molar-refractivity contribution >= 4 is 61.9 Å². The van der Waals surface area contributed by atoms with E-state index in [1.807, 2.05) is 12.1 Å². The summed E-state index contributed by atoms with van der Waals surface area (Å²) in [6.07, 6.45) is 3.77. The van der Waals surface area contributed by atoms with Gasteiger partial charge in [0.15, 0.2) is 0 Å². The molecule has 0 unspecified atom stereocenters. The van der Waals surface area contributed by atoms with Crippen LogP contribution in [0.1, 0.15) is 38.2 Å². The van der Waals surface area contributed by atoms with Crippen molar-refractivity contribution in [3.05, 3.63) is 26.6 Å². The molecule has 0 aliphatic heterocycles. The zero-order valence-corrected chi connectivity index (χ0v) is 19.2. The maximum atomic E-state index is 10.4. The van der Waals surface area contributed by atoms with Gasteiger partial charge in [-0.15, -0.1) is 0 Å². The maximum absolute atomic E-state index is 10.4. The van der Waals surface area contributed by atoms with Gasteiger partial charge in [-0.1, -0.05) is 15.9 Å². The second-order valence-electron chi connectivity index (χ2n) is 6.53. The molecule has 152 valence electrons. The normalized spacial score (nSPS) is 20.3. The Balaban J connectivity index is 0.000000345. The van der Waals surface area contributed by atoms with Crippen LogP contribution in [-0.2, 0) is 16.1 Å².